The molecule has 1 aromatic rings. The maximum Gasteiger partial charge on any atom is 0.212 e. The molecule has 1 atom stereocenters. The Kier molecular flexibility index (Phi) is 4.96. The van der Waals surface area contributed by atoms with Crippen molar-refractivity contribution >= 4 is 10.0 Å². The molecule has 0 amide bonds. The van der Waals surface area contributed by atoms with Crippen LogP contribution in [0.25, 0.3) is 0 Å². The van der Waals surface area contributed by atoms with Gasteiger partial charge in [0.1, 0.15) is 5.75 Å². The first-order valence-electron chi connectivity index (χ1n) is 5.62. The van der Waals surface area contributed by atoms with Crippen LogP contribution in [0.15, 0.2) is 24.3 Å². The molecule has 0 fully saturated rings. The van der Waals surface area contributed by atoms with Gasteiger partial charge in [-0.15, -0.1) is 0 Å². The number of methoxy groups -OCH3 is 1. The van der Waals surface area contributed by atoms with E-state index in [0.29, 0.717) is 6.42 Å². The van der Waals surface area contributed by atoms with Gasteiger partial charge in [0.2, 0.25) is 10.0 Å². The number of sulfonamides is 1. The van der Waals surface area contributed by atoms with Gasteiger partial charge in [0, 0.05) is 6.04 Å². The predicted molar refractivity (Wildman–Crippen MR) is 68.6 cm³/mol. The number of hydrogen-bond donors (Lipinski definition) is 1. The zero-order chi connectivity index (χ0) is 12.9. The third kappa shape index (κ3) is 4.36. The Hall–Kier alpha value is -1.07. The second-order valence-corrected chi connectivity index (χ2v) is 5.81. The molecular formula is C12H19NO3S. The molecule has 0 radical (unpaired) electrons. The highest BCUT2D eigenvalue weighted by molar-refractivity contribution is 7.89. The second-order valence-electron chi connectivity index (χ2n) is 3.93. The number of benzene rings is 1. The van der Waals surface area contributed by atoms with Crippen LogP contribution in [0.2, 0.25) is 0 Å². The molecule has 1 rings (SSSR count). The third-order valence-corrected chi connectivity index (χ3v) is 4.10. The normalized spacial score (nSPS) is 13.4. The van der Waals surface area contributed by atoms with E-state index in [1.807, 2.05) is 38.1 Å². The highest BCUT2D eigenvalue weighted by Crippen LogP contribution is 2.17. The fraction of sp³-hybridized carbons (Fsp3) is 0.500. The number of rotatable bonds is 6. The third-order valence-electron chi connectivity index (χ3n) is 2.44. The summed E-state index contributed by atoms with van der Waals surface area (Å²) in [5, 5.41) is 0. The van der Waals surface area contributed by atoms with Crippen LogP contribution in [0, 0.1) is 0 Å². The van der Waals surface area contributed by atoms with Gasteiger partial charge in [-0.1, -0.05) is 19.1 Å². The van der Waals surface area contributed by atoms with E-state index in [1.54, 1.807) is 7.11 Å². The highest BCUT2D eigenvalue weighted by atomic mass is 32.2. The molecule has 0 spiro atoms. The molecule has 0 unspecified atom stereocenters. The minimum Gasteiger partial charge on any atom is -0.497 e. The summed E-state index contributed by atoms with van der Waals surface area (Å²) in [4.78, 5) is 0. The van der Waals surface area contributed by atoms with Gasteiger partial charge in [0.05, 0.1) is 12.9 Å². The van der Waals surface area contributed by atoms with E-state index in [4.69, 9.17) is 4.74 Å². The largest absolute Gasteiger partial charge is 0.497 e. The van der Waals surface area contributed by atoms with E-state index in [2.05, 4.69) is 4.72 Å². The van der Waals surface area contributed by atoms with Gasteiger partial charge >= 0.3 is 0 Å². The van der Waals surface area contributed by atoms with Gasteiger partial charge in [-0.25, -0.2) is 13.1 Å². The van der Waals surface area contributed by atoms with Crippen molar-refractivity contribution in [3.05, 3.63) is 29.8 Å². The van der Waals surface area contributed by atoms with E-state index in [-0.39, 0.29) is 11.8 Å². The first-order chi connectivity index (χ1) is 7.98. The van der Waals surface area contributed by atoms with Crippen molar-refractivity contribution in [3.8, 4) is 5.75 Å². The van der Waals surface area contributed by atoms with Crippen LogP contribution in [-0.2, 0) is 10.0 Å². The summed E-state index contributed by atoms with van der Waals surface area (Å²) in [5.74, 6) is 0.922. The molecule has 0 saturated heterocycles. The fourth-order valence-corrected chi connectivity index (χ4v) is 2.89. The van der Waals surface area contributed by atoms with Crippen LogP contribution in [0.1, 0.15) is 31.9 Å². The minimum absolute atomic E-state index is 0.160. The molecule has 0 aliphatic heterocycles. The Morgan fingerprint density at radius 3 is 2.35 bits per heavy atom. The van der Waals surface area contributed by atoms with Crippen LogP contribution in [0.4, 0.5) is 0 Å². The topological polar surface area (TPSA) is 55.4 Å². The molecule has 5 heteroatoms. The van der Waals surface area contributed by atoms with E-state index in [9.17, 15) is 8.42 Å². The lowest BCUT2D eigenvalue weighted by Crippen LogP contribution is -2.28. The van der Waals surface area contributed by atoms with Gasteiger partial charge in [0.15, 0.2) is 0 Å². The molecule has 0 bridgehead atoms. The standard InChI is InChI=1S/C12H19NO3S/c1-4-9-17(14,15)13-10(2)11-5-7-12(16-3)8-6-11/h5-8,10,13H,4,9H2,1-3H3/t10-/m1/s1. The molecule has 0 aliphatic carbocycles. The van der Waals surface area contributed by atoms with Crippen LogP contribution in [-0.4, -0.2) is 21.3 Å². The van der Waals surface area contributed by atoms with Gasteiger partial charge in [0.25, 0.3) is 0 Å². The summed E-state index contributed by atoms with van der Waals surface area (Å²) in [6.45, 7) is 3.67. The lowest BCUT2D eigenvalue weighted by molar-refractivity contribution is 0.414. The molecule has 0 saturated carbocycles. The minimum atomic E-state index is -3.18. The zero-order valence-corrected chi connectivity index (χ0v) is 11.3. The number of ether oxygens (including phenoxy) is 1. The van der Waals surface area contributed by atoms with Gasteiger partial charge in [-0.2, -0.15) is 0 Å². The van der Waals surface area contributed by atoms with Gasteiger partial charge < -0.3 is 4.74 Å². The van der Waals surface area contributed by atoms with E-state index >= 15 is 0 Å². The summed E-state index contributed by atoms with van der Waals surface area (Å²) in [7, 11) is -1.58. The Balaban J connectivity index is 2.72. The molecule has 96 valence electrons. The SMILES string of the molecule is CCCS(=O)(=O)N[C@H](C)c1ccc(OC)cc1. The maximum atomic E-state index is 11.6. The molecule has 1 aromatic carbocycles. The van der Waals surface area contributed by atoms with Crippen molar-refractivity contribution < 1.29 is 13.2 Å². The maximum absolute atomic E-state index is 11.6. The van der Waals surface area contributed by atoms with Crippen LogP contribution in [0.3, 0.4) is 0 Å². The number of hydrogen-bond acceptors (Lipinski definition) is 3. The van der Waals surface area contributed by atoms with Crippen LogP contribution in [0.5, 0.6) is 5.75 Å². The van der Waals surface area contributed by atoms with Gasteiger partial charge in [-0.05, 0) is 31.0 Å². The first-order valence-corrected chi connectivity index (χ1v) is 7.27. The summed E-state index contributed by atoms with van der Waals surface area (Å²) >= 11 is 0. The Labute approximate surface area is 103 Å². The summed E-state index contributed by atoms with van der Waals surface area (Å²) < 4.78 is 30.9. The molecule has 0 aliphatic rings. The van der Waals surface area contributed by atoms with Crippen molar-refractivity contribution in [1.82, 2.24) is 4.72 Å². The van der Waals surface area contributed by atoms with Gasteiger partial charge in [-0.3, -0.25) is 0 Å². The summed E-state index contributed by atoms with van der Waals surface area (Å²) in [6.07, 6.45) is 0.616. The second kappa shape index (κ2) is 6.02. The van der Waals surface area contributed by atoms with Crippen molar-refractivity contribution in [2.24, 2.45) is 0 Å². The average molecular weight is 257 g/mol. The van der Waals surface area contributed by atoms with Crippen molar-refractivity contribution in [2.45, 2.75) is 26.3 Å². The quantitative estimate of drug-likeness (QED) is 0.849. The molecule has 4 nitrogen and oxygen atoms in total. The summed E-state index contributed by atoms with van der Waals surface area (Å²) in [6, 6.07) is 7.13. The molecule has 17 heavy (non-hydrogen) atoms. The monoisotopic (exact) mass is 257 g/mol. The first kappa shape index (κ1) is 14.0. The lowest BCUT2D eigenvalue weighted by Gasteiger charge is -2.14. The van der Waals surface area contributed by atoms with E-state index < -0.39 is 10.0 Å². The number of nitrogens with one attached hydrogen (secondary N) is 1. The van der Waals surface area contributed by atoms with Crippen LogP contribution >= 0.6 is 0 Å². The predicted octanol–water partition coefficient (Wildman–Crippen LogP) is 2.09. The van der Waals surface area contributed by atoms with Crippen molar-refractivity contribution in [1.29, 1.82) is 0 Å². The van der Waals surface area contributed by atoms with E-state index in [0.717, 1.165) is 11.3 Å². The average Bonchev–Trinajstić information content (AvgIpc) is 2.28. The Morgan fingerprint density at radius 1 is 1.29 bits per heavy atom. The van der Waals surface area contributed by atoms with Crippen molar-refractivity contribution in [2.75, 3.05) is 12.9 Å². The molecular weight excluding hydrogens is 238 g/mol. The lowest BCUT2D eigenvalue weighted by atomic mass is 10.1. The van der Waals surface area contributed by atoms with E-state index in [1.165, 1.54) is 0 Å². The Bertz CT molecular complexity index is 439. The molecule has 0 heterocycles. The molecule has 0 aromatic heterocycles. The Morgan fingerprint density at radius 2 is 1.88 bits per heavy atom. The molecule has 1 N–H and O–H groups in total. The summed E-state index contributed by atoms with van der Waals surface area (Å²) in [5.41, 5.74) is 0.922. The zero-order valence-electron chi connectivity index (χ0n) is 10.4. The van der Waals surface area contributed by atoms with Crippen LogP contribution < -0.4 is 9.46 Å². The smallest absolute Gasteiger partial charge is 0.212 e. The van der Waals surface area contributed by atoms with Crippen molar-refractivity contribution in [3.63, 3.8) is 0 Å². The fourth-order valence-electron chi connectivity index (χ4n) is 1.56. The highest BCUT2D eigenvalue weighted by Gasteiger charge is 2.14.